The van der Waals surface area contributed by atoms with Crippen LogP contribution in [0.5, 0.6) is 5.75 Å². The summed E-state index contributed by atoms with van der Waals surface area (Å²) in [5.74, 6) is 1.94. The first-order valence-electron chi connectivity index (χ1n) is 10.5. The molecule has 0 unspecified atom stereocenters. The highest BCUT2D eigenvalue weighted by Gasteiger charge is 2.43. The highest BCUT2D eigenvalue weighted by molar-refractivity contribution is 7.90. The van der Waals surface area contributed by atoms with Crippen LogP contribution in [0.1, 0.15) is 31.5 Å². The van der Waals surface area contributed by atoms with E-state index >= 15 is 0 Å². The molecule has 0 radical (unpaired) electrons. The zero-order valence-electron chi connectivity index (χ0n) is 17.4. The molecule has 10 heteroatoms. The third kappa shape index (κ3) is 5.23. The van der Waals surface area contributed by atoms with Gasteiger partial charge in [-0.25, -0.2) is 12.8 Å². The monoisotopic (exact) mass is 451 g/mol. The smallest absolute Gasteiger partial charge is 0.324 e. The molecular weight excluding hydrogens is 425 g/mol. The zero-order chi connectivity index (χ0) is 22.0. The summed E-state index contributed by atoms with van der Waals surface area (Å²) >= 11 is 0. The van der Waals surface area contributed by atoms with Gasteiger partial charge in [-0.3, -0.25) is 0 Å². The molecule has 1 aromatic carbocycles. The van der Waals surface area contributed by atoms with E-state index in [9.17, 15) is 17.6 Å². The van der Waals surface area contributed by atoms with Gasteiger partial charge in [0.2, 0.25) is 0 Å². The van der Waals surface area contributed by atoms with Gasteiger partial charge in [-0.2, -0.15) is 4.98 Å². The summed E-state index contributed by atoms with van der Waals surface area (Å²) < 4.78 is 47.8. The molecule has 31 heavy (non-hydrogen) atoms. The van der Waals surface area contributed by atoms with E-state index in [1.54, 1.807) is 0 Å². The van der Waals surface area contributed by atoms with Crippen LogP contribution in [0.3, 0.4) is 0 Å². The number of benzene rings is 1. The van der Waals surface area contributed by atoms with Crippen molar-refractivity contribution in [2.45, 2.75) is 37.0 Å². The van der Waals surface area contributed by atoms with E-state index < -0.39 is 15.7 Å². The van der Waals surface area contributed by atoms with Crippen LogP contribution in [0.2, 0.25) is 0 Å². The minimum absolute atomic E-state index is 0.167. The van der Waals surface area contributed by atoms with Crippen molar-refractivity contribution in [2.75, 3.05) is 30.9 Å². The van der Waals surface area contributed by atoms with Crippen molar-refractivity contribution >= 4 is 22.1 Å². The number of rotatable bonds is 9. The number of aromatic nitrogens is 2. The molecule has 2 heterocycles. The summed E-state index contributed by atoms with van der Waals surface area (Å²) in [6.07, 6.45) is 6.12. The molecule has 8 nitrogen and oxygen atoms in total. The standard InChI is InChI=1S/C21H26FN3O5S/c1-31(27,28)19-3-2-16(13-18(19)22)29-11-7-15-12-17(15)14-4-8-25(9-5-14)21-23-20(6-10-26)24-30-21/h2-3,10,13-15,17H,4-9,11-12H2,1H3/t15-,17-/m1/s1. The molecule has 2 atom stereocenters. The lowest BCUT2D eigenvalue weighted by Gasteiger charge is -2.30. The van der Waals surface area contributed by atoms with E-state index in [0.717, 1.165) is 51.0 Å². The average Bonchev–Trinajstić information content (AvgIpc) is 3.34. The van der Waals surface area contributed by atoms with Crippen LogP contribution in [-0.4, -0.2) is 50.8 Å². The fraction of sp³-hybridized carbons (Fsp3) is 0.571. The number of nitrogens with zero attached hydrogens (tertiary/aromatic N) is 3. The summed E-state index contributed by atoms with van der Waals surface area (Å²) in [5.41, 5.74) is 0. The molecule has 4 rings (SSSR count). The fourth-order valence-electron chi connectivity index (χ4n) is 4.43. The lowest BCUT2D eigenvalue weighted by Crippen LogP contribution is -2.34. The van der Waals surface area contributed by atoms with Crippen molar-refractivity contribution in [3.05, 3.63) is 29.8 Å². The molecule has 1 saturated heterocycles. The van der Waals surface area contributed by atoms with Gasteiger partial charge in [0, 0.05) is 25.4 Å². The van der Waals surface area contributed by atoms with Crippen LogP contribution in [0.4, 0.5) is 10.4 Å². The van der Waals surface area contributed by atoms with E-state index in [0.29, 0.717) is 41.9 Å². The molecule has 2 aliphatic rings. The van der Waals surface area contributed by atoms with Crippen molar-refractivity contribution in [3.63, 3.8) is 0 Å². The zero-order valence-corrected chi connectivity index (χ0v) is 18.2. The number of aldehydes is 1. The quantitative estimate of drug-likeness (QED) is 0.536. The fourth-order valence-corrected chi connectivity index (χ4v) is 5.16. The van der Waals surface area contributed by atoms with Crippen LogP contribution in [-0.2, 0) is 21.1 Å². The molecule has 0 spiro atoms. The minimum Gasteiger partial charge on any atom is -0.493 e. The third-order valence-electron chi connectivity index (χ3n) is 6.18. The molecule has 0 amide bonds. The van der Waals surface area contributed by atoms with Crippen LogP contribution < -0.4 is 9.64 Å². The number of piperidine rings is 1. The Hall–Kier alpha value is -2.49. The van der Waals surface area contributed by atoms with Gasteiger partial charge in [0.15, 0.2) is 15.7 Å². The van der Waals surface area contributed by atoms with Gasteiger partial charge >= 0.3 is 6.01 Å². The lowest BCUT2D eigenvalue weighted by molar-refractivity contribution is -0.107. The molecular formula is C21H26FN3O5S. The Morgan fingerprint density at radius 1 is 1.32 bits per heavy atom. The number of anilines is 1. The summed E-state index contributed by atoms with van der Waals surface area (Å²) in [5, 5.41) is 3.81. The molecule has 0 N–H and O–H groups in total. The topological polar surface area (TPSA) is 103 Å². The number of hydrogen-bond donors (Lipinski definition) is 0. The molecule has 1 aromatic heterocycles. The number of hydrogen-bond acceptors (Lipinski definition) is 8. The predicted molar refractivity (Wildman–Crippen MR) is 110 cm³/mol. The van der Waals surface area contributed by atoms with Crippen LogP contribution in [0.25, 0.3) is 0 Å². The Labute approximate surface area is 180 Å². The second kappa shape index (κ2) is 8.94. The second-order valence-electron chi connectivity index (χ2n) is 8.35. The number of sulfone groups is 1. The summed E-state index contributed by atoms with van der Waals surface area (Å²) in [4.78, 5) is 16.6. The van der Waals surface area contributed by atoms with Crippen LogP contribution in [0.15, 0.2) is 27.6 Å². The third-order valence-corrected chi connectivity index (χ3v) is 7.31. The Bertz CT molecular complexity index is 1030. The van der Waals surface area contributed by atoms with Gasteiger partial charge in [0.25, 0.3) is 0 Å². The van der Waals surface area contributed by atoms with Gasteiger partial charge in [-0.1, -0.05) is 5.16 Å². The Morgan fingerprint density at radius 2 is 2.10 bits per heavy atom. The molecule has 0 bridgehead atoms. The number of carbonyl (C=O) groups is 1. The first-order chi connectivity index (χ1) is 14.8. The van der Waals surface area contributed by atoms with E-state index in [1.807, 2.05) is 0 Å². The maximum Gasteiger partial charge on any atom is 0.324 e. The van der Waals surface area contributed by atoms with E-state index in [2.05, 4.69) is 15.0 Å². The van der Waals surface area contributed by atoms with Gasteiger partial charge < -0.3 is 19.0 Å². The molecule has 2 fully saturated rings. The predicted octanol–water partition coefficient (Wildman–Crippen LogP) is 2.68. The van der Waals surface area contributed by atoms with Crippen molar-refractivity contribution < 1.29 is 26.9 Å². The van der Waals surface area contributed by atoms with E-state index in [-0.39, 0.29) is 11.3 Å². The van der Waals surface area contributed by atoms with Gasteiger partial charge in [0.1, 0.15) is 22.7 Å². The van der Waals surface area contributed by atoms with Crippen molar-refractivity contribution in [2.24, 2.45) is 17.8 Å². The van der Waals surface area contributed by atoms with Gasteiger partial charge in [-0.15, -0.1) is 0 Å². The maximum atomic E-state index is 13.9. The second-order valence-corrected chi connectivity index (χ2v) is 10.3. The molecule has 1 saturated carbocycles. The van der Waals surface area contributed by atoms with Crippen molar-refractivity contribution in [1.29, 1.82) is 0 Å². The lowest BCUT2D eigenvalue weighted by atomic mass is 9.90. The number of halogens is 1. The Kier molecular flexibility index (Phi) is 6.27. The Balaban J connectivity index is 1.19. The SMILES string of the molecule is CS(=O)(=O)c1ccc(OCC[C@@H]2C[C@@H]2C2CCN(c3nc(CC=O)no3)CC2)cc1F. The van der Waals surface area contributed by atoms with Crippen LogP contribution in [0, 0.1) is 23.6 Å². The minimum atomic E-state index is -3.58. The molecule has 168 valence electrons. The summed E-state index contributed by atoms with van der Waals surface area (Å²) in [6.45, 7) is 2.21. The van der Waals surface area contributed by atoms with Gasteiger partial charge in [-0.05, 0) is 55.6 Å². The molecule has 1 aliphatic carbocycles. The number of carbonyl (C=O) groups excluding carboxylic acids is 1. The average molecular weight is 452 g/mol. The summed E-state index contributed by atoms with van der Waals surface area (Å²) in [7, 11) is -3.58. The maximum absolute atomic E-state index is 13.9. The van der Waals surface area contributed by atoms with Gasteiger partial charge in [0.05, 0.1) is 13.0 Å². The molecule has 2 aromatic rings. The number of ether oxygens (including phenoxy) is 1. The molecule has 1 aliphatic heterocycles. The summed E-state index contributed by atoms with van der Waals surface area (Å²) in [6, 6.07) is 4.37. The highest BCUT2D eigenvalue weighted by Crippen LogP contribution is 2.50. The first-order valence-corrected chi connectivity index (χ1v) is 12.4. The normalized spacial score (nSPS) is 21.8. The van der Waals surface area contributed by atoms with E-state index in [4.69, 9.17) is 9.26 Å². The highest BCUT2D eigenvalue weighted by atomic mass is 32.2. The Morgan fingerprint density at radius 3 is 2.77 bits per heavy atom. The van der Waals surface area contributed by atoms with Crippen molar-refractivity contribution in [3.8, 4) is 5.75 Å². The first kappa shape index (κ1) is 21.7. The van der Waals surface area contributed by atoms with E-state index in [1.165, 1.54) is 18.6 Å². The van der Waals surface area contributed by atoms with Crippen LogP contribution >= 0.6 is 0 Å². The van der Waals surface area contributed by atoms with Crippen molar-refractivity contribution in [1.82, 2.24) is 10.1 Å². The largest absolute Gasteiger partial charge is 0.493 e.